The van der Waals surface area contributed by atoms with E-state index in [1.807, 2.05) is 35.7 Å². The highest BCUT2D eigenvalue weighted by Crippen LogP contribution is 2.29. The first-order chi connectivity index (χ1) is 17.5. The number of hydrogen-bond donors (Lipinski definition) is 2. The van der Waals surface area contributed by atoms with Crippen LogP contribution in [0.3, 0.4) is 0 Å². The van der Waals surface area contributed by atoms with E-state index in [-0.39, 0.29) is 24.7 Å². The summed E-state index contributed by atoms with van der Waals surface area (Å²) in [6, 6.07) is 23.8. The lowest BCUT2D eigenvalue weighted by atomic mass is 10.1. The van der Waals surface area contributed by atoms with Crippen molar-refractivity contribution in [3.05, 3.63) is 107 Å². The van der Waals surface area contributed by atoms with Crippen LogP contribution in [0.1, 0.15) is 27.9 Å². The summed E-state index contributed by atoms with van der Waals surface area (Å²) in [5, 5.41) is 14.2. The Kier molecular flexibility index (Phi) is 8.41. The number of thiazole rings is 1. The van der Waals surface area contributed by atoms with E-state index in [1.54, 1.807) is 24.3 Å². The minimum Gasteiger partial charge on any atom is -0.481 e. The highest BCUT2D eigenvalue weighted by molar-refractivity contribution is 7.14. The second kappa shape index (κ2) is 12.1. The minimum absolute atomic E-state index is 0.0869. The highest BCUT2D eigenvalue weighted by atomic mass is 32.1. The normalized spacial score (nSPS) is 10.7. The maximum absolute atomic E-state index is 13.3. The van der Waals surface area contributed by atoms with Gasteiger partial charge in [-0.05, 0) is 53.9 Å². The van der Waals surface area contributed by atoms with E-state index in [4.69, 9.17) is 10.1 Å². The van der Waals surface area contributed by atoms with Crippen LogP contribution in [0.2, 0.25) is 0 Å². The molecule has 0 fully saturated rings. The van der Waals surface area contributed by atoms with Gasteiger partial charge < -0.3 is 15.3 Å². The maximum Gasteiger partial charge on any atom is 0.305 e. The van der Waals surface area contributed by atoms with Crippen LogP contribution in [0.4, 0.5) is 9.52 Å². The Labute approximate surface area is 213 Å². The average Bonchev–Trinajstić information content (AvgIpc) is 3.38. The van der Waals surface area contributed by atoms with Crippen LogP contribution in [-0.2, 0) is 17.8 Å². The van der Waals surface area contributed by atoms with Crippen LogP contribution in [0.15, 0.2) is 84.2 Å². The van der Waals surface area contributed by atoms with Gasteiger partial charge in [-0.25, -0.2) is 9.37 Å². The van der Waals surface area contributed by atoms with Gasteiger partial charge in [0.2, 0.25) is 0 Å². The lowest BCUT2D eigenvalue weighted by Crippen LogP contribution is -2.26. The Balaban J connectivity index is 1.48. The van der Waals surface area contributed by atoms with Gasteiger partial charge in [0.05, 0.1) is 12.1 Å². The van der Waals surface area contributed by atoms with Crippen molar-refractivity contribution in [2.75, 3.05) is 18.0 Å². The predicted molar refractivity (Wildman–Crippen MR) is 140 cm³/mol. The van der Waals surface area contributed by atoms with Gasteiger partial charge in [-0.1, -0.05) is 42.5 Å². The Morgan fingerprint density at radius 3 is 2.36 bits per heavy atom. The zero-order valence-electron chi connectivity index (χ0n) is 19.6. The molecular weight excluding hydrogens is 477 g/mol. The van der Waals surface area contributed by atoms with Gasteiger partial charge in [0.1, 0.15) is 5.82 Å². The molecule has 4 rings (SSSR count). The summed E-state index contributed by atoms with van der Waals surface area (Å²) in [6.45, 7) is 1.44. The maximum atomic E-state index is 13.3. The molecule has 0 atom stereocenters. The third-order valence-corrected chi connectivity index (χ3v) is 6.53. The fraction of sp³-hybridized carbons (Fsp3) is 0.179. The SMILES string of the molecule is O=C(O)CCNC(=O)c1ccc(CN(CCc2ccccc2)c2nc(-c3ccc(F)cc3)cs2)cc1. The van der Waals surface area contributed by atoms with Crippen molar-refractivity contribution in [1.29, 1.82) is 0 Å². The van der Waals surface area contributed by atoms with Crippen LogP contribution in [-0.4, -0.2) is 35.1 Å². The van der Waals surface area contributed by atoms with Crippen molar-refractivity contribution in [2.24, 2.45) is 0 Å². The fourth-order valence-corrected chi connectivity index (χ4v) is 4.54. The van der Waals surface area contributed by atoms with Crippen molar-refractivity contribution in [3.63, 3.8) is 0 Å². The summed E-state index contributed by atoms with van der Waals surface area (Å²) in [7, 11) is 0. The molecule has 0 aliphatic rings. The van der Waals surface area contributed by atoms with Crippen LogP contribution in [0.25, 0.3) is 11.3 Å². The molecule has 0 radical (unpaired) electrons. The summed E-state index contributed by atoms with van der Waals surface area (Å²) in [5.41, 5.74) is 4.39. The number of carboxylic acid groups (broad SMARTS) is 1. The summed E-state index contributed by atoms with van der Waals surface area (Å²) in [6.07, 6.45) is 0.726. The van der Waals surface area contributed by atoms with E-state index in [1.165, 1.54) is 29.0 Å². The van der Waals surface area contributed by atoms with Gasteiger partial charge >= 0.3 is 5.97 Å². The number of nitrogens with zero attached hydrogens (tertiary/aromatic N) is 2. The molecule has 1 aromatic heterocycles. The molecule has 0 bridgehead atoms. The Hall–Kier alpha value is -4.04. The van der Waals surface area contributed by atoms with Gasteiger partial charge in [-0.15, -0.1) is 11.3 Å². The Morgan fingerprint density at radius 1 is 0.944 bits per heavy atom. The zero-order valence-corrected chi connectivity index (χ0v) is 20.4. The van der Waals surface area contributed by atoms with Gasteiger partial charge in [0, 0.05) is 36.1 Å². The molecule has 0 saturated carbocycles. The molecule has 0 saturated heterocycles. The van der Waals surface area contributed by atoms with Crippen molar-refractivity contribution in [2.45, 2.75) is 19.4 Å². The van der Waals surface area contributed by atoms with Crippen LogP contribution < -0.4 is 10.2 Å². The number of aromatic nitrogens is 1. The molecule has 184 valence electrons. The Bertz CT molecular complexity index is 1290. The number of carbonyl (C=O) groups excluding carboxylic acids is 1. The molecule has 36 heavy (non-hydrogen) atoms. The summed E-state index contributed by atoms with van der Waals surface area (Å²) in [5.74, 6) is -1.53. The molecule has 1 heterocycles. The number of anilines is 1. The third kappa shape index (κ3) is 6.99. The first kappa shape index (κ1) is 25.1. The molecule has 3 aromatic carbocycles. The molecule has 2 N–H and O–H groups in total. The quantitative estimate of drug-likeness (QED) is 0.286. The lowest BCUT2D eigenvalue weighted by molar-refractivity contribution is -0.136. The summed E-state index contributed by atoms with van der Waals surface area (Å²) in [4.78, 5) is 29.9. The van der Waals surface area contributed by atoms with E-state index in [9.17, 15) is 14.0 Å². The first-order valence-electron chi connectivity index (χ1n) is 11.6. The van der Waals surface area contributed by atoms with E-state index in [0.717, 1.165) is 34.9 Å². The van der Waals surface area contributed by atoms with Gasteiger partial charge in [0.25, 0.3) is 5.91 Å². The second-order valence-electron chi connectivity index (χ2n) is 8.28. The van der Waals surface area contributed by atoms with Crippen molar-refractivity contribution in [3.8, 4) is 11.3 Å². The number of halogens is 1. The van der Waals surface area contributed by atoms with Crippen LogP contribution in [0.5, 0.6) is 0 Å². The highest BCUT2D eigenvalue weighted by Gasteiger charge is 2.14. The number of hydrogen-bond acceptors (Lipinski definition) is 5. The molecule has 0 unspecified atom stereocenters. The molecule has 6 nitrogen and oxygen atoms in total. The number of carbonyl (C=O) groups is 2. The van der Waals surface area contributed by atoms with Gasteiger partial charge in [-0.3, -0.25) is 9.59 Å². The minimum atomic E-state index is -0.953. The molecular formula is C28H26FN3O3S. The van der Waals surface area contributed by atoms with Gasteiger partial charge in [0.15, 0.2) is 5.13 Å². The average molecular weight is 504 g/mol. The lowest BCUT2D eigenvalue weighted by Gasteiger charge is -2.22. The van der Waals surface area contributed by atoms with Crippen LogP contribution >= 0.6 is 11.3 Å². The monoisotopic (exact) mass is 503 g/mol. The van der Waals surface area contributed by atoms with E-state index in [2.05, 4.69) is 22.3 Å². The summed E-state index contributed by atoms with van der Waals surface area (Å²) < 4.78 is 13.3. The first-order valence-corrected chi connectivity index (χ1v) is 12.4. The predicted octanol–water partition coefficient (Wildman–Crippen LogP) is 5.40. The molecule has 0 spiro atoms. The molecule has 0 aliphatic carbocycles. The molecule has 1 amide bonds. The van der Waals surface area contributed by atoms with Gasteiger partial charge in [-0.2, -0.15) is 0 Å². The smallest absolute Gasteiger partial charge is 0.305 e. The number of nitrogens with one attached hydrogen (secondary N) is 1. The van der Waals surface area contributed by atoms with Crippen molar-refractivity contribution >= 4 is 28.3 Å². The number of amides is 1. The molecule has 0 aliphatic heterocycles. The summed E-state index contributed by atoms with van der Waals surface area (Å²) >= 11 is 1.54. The van der Waals surface area contributed by atoms with E-state index < -0.39 is 5.97 Å². The third-order valence-electron chi connectivity index (χ3n) is 5.63. The fourth-order valence-electron chi connectivity index (χ4n) is 3.68. The number of carboxylic acids is 1. The molecule has 4 aromatic rings. The van der Waals surface area contributed by atoms with Crippen LogP contribution in [0, 0.1) is 5.82 Å². The van der Waals surface area contributed by atoms with Crippen molar-refractivity contribution in [1.82, 2.24) is 10.3 Å². The number of benzene rings is 3. The van der Waals surface area contributed by atoms with E-state index in [0.29, 0.717) is 12.1 Å². The second-order valence-corrected chi connectivity index (χ2v) is 9.11. The largest absolute Gasteiger partial charge is 0.481 e. The van der Waals surface area contributed by atoms with E-state index >= 15 is 0 Å². The van der Waals surface area contributed by atoms with Crippen molar-refractivity contribution < 1.29 is 19.1 Å². The molecule has 8 heteroatoms. The number of rotatable bonds is 11. The number of aliphatic carboxylic acids is 1. The standard InChI is InChI=1S/C28H26FN3O3S/c29-24-12-10-22(11-13-24)25-19-36-28(31-25)32(17-15-20-4-2-1-3-5-20)18-21-6-8-23(9-7-21)27(35)30-16-14-26(33)34/h1-13,19H,14-18H2,(H,30,35)(H,33,34). The Morgan fingerprint density at radius 2 is 1.67 bits per heavy atom. The topological polar surface area (TPSA) is 82.5 Å². The zero-order chi connectivity index (χ0) is 25.3.